The van der Waals surface area contributed by atoms with Crippen molar-refractivity contribution < 1.29 is 12.8 Å². The monoisotopic (exact) mass is 285 g/mol. The molecule has 0 radical (unpaired) electrons. The Labute approximate surface area is 114 Å². The zero-order chi connectivity index (χ0) is 14.2. The highest BCUT2D eigenvalue weighted by molar-refractivity contribution is 7.89. The largest absolute Gasteiger partial charge is 0.243 e. The molecule has 0 aromatic heterocycles. The van der Waals surface area contributed by atoms with Crippen molar-refractivity contribution >= 4 is 10.0 Å². The third-order valence-corrected chi connectivity index (χ3v) is 5.78. The molecule has 0 heterocycles. The minimum absolute atomic E-state index is 0.261. The molecule has 106 valence electrons. The predicted octanol–water partition coefficient (Wildman–Crippen LogP) is 2.86. The molecular weight excluding hydrogens is 265 g/mol. The van der Waals surface area contributed by atoms with Gasteiger partial charge in [0.2, 0.25) is 10.0 Å². The summed E-state index contributed by atoms with van der Waals surface area (Å²) in [5.74, 6) is 0.106. The molecular formula is C14H20FNO2S. The molecule has 1 saturated carbocycles. The lowest BCUT2D eigenvalue weighted by Gasteiger charge is -2.22. The number of hydrogen-bond acceptors (Lipinski definition) is 2. The van der Waals surface area contributed by atoms with E-state index in [1.807, 2.05) is 6.92 Å². The Balaban J connectivity index is 2.42. The van der Waals surface area contributed by atoms with Gasteiger partial charge in [-0.1, -0.05) is 6.92 Å². The molecule has 0 N–H and O–H groups in total. The fraction of sp³-hybridized carbons (Fsp3) is 0.571. The summed E-state index contributed by atoms with van der Waals surface area (Å²) in [5.41, 5.74) is 0.957. The highest BCUT2D eigenvalue weighted by Gasteiger charge is 2.32. The molecule has 1 aromatic rings. The van der Waals surface area contributed by atoms with Gasteiger partial charge in [0, 0.05) is 13.1 Å². The van der Waals surface area contributed by atoms with Crippen molar-refractivity contribution in [3.05, 3.63) is 29.1 Å². The predicted molar refractivity (Wildman–Crippen MR) is 73.0 cm³/mol. The lowest BCUT2D eigenvalue weighted by atomic mass is 10.1. The van der Waals surface area contributed by atoms with Crippen LogP contribution in [0.1, 0.15) is 30.9 Å². The lowest BCUT2D eigenvalue weighted by molar-refractivity contribution is 0.411. The van der Waals surface area contributed by atoms with Crippen LogP contribution in [0.2, 0.25) is 0 Å². The molecule has 1 fully saturated rings. The van der Waals surface area contributed by atoms with Crippen molar-refractivity contribution in [1.82, 2.24) is 4.31 Å². The summed E-state index contributed by atoms with van der Waals surface area (Å²) < 4.78 is 40.2. The minimum Gasteiger partial charge on any atom is -0.207 e. The van der Waals surface area contributed by atoms with E-state index in [1.165, 1.54) is 16.4 Å². The van der Waals surface area contributed by atoms with E-state index in [2.05, 4.69) is 0 Å². The van der Waals surface area contributed by atoms with Crippen LogP contribution in [0.3, 0.4) is 0 Å². The van der Waals surface area contributed by atoms with Gasteiger partial charge >= 0.3 is 0 Å². The molecule has 0 saturated heterocycles. The molecule has 0 amide bonds. The number of nitrogens with zero attached hydrogens (tertiary/aromatic N) is 1. The zero-order valence-electron chi connectivity index (χ0n) is 11.6. The third-order valence-electron chi connectivity index (χ3n) is 3.53. The first-order chi connectivity index (χ1) is 8.86. The van der Waals surface area contributed by atoms with Gasteiger partial charge in [-0.25, -0.2) is 12.8 Å². The minimum atomic E-state index is -3.52. The fourth-order valence-electron chi connectivity index (χ4n) is 2.42. The van der Waals surface area contributed by atoms with E-state index in [9.17, 15) is 12.8 Å². The molecule has 0 aliphatic heterocycles. The zero-order valence-corrected chi connectivity index (χ0v) is 12.4. The molecule has 5 heteroatoms. The molecule has 1 aliphatic rings. The van der Waals surface area contributed by atoms with Crippen LogP contribution in [0.25, 0.3) is 0 Å². The fourth-order valence-corrected chi connectivity index (χ4v) is 4.36. The number of halogens is 1. The van der Waals surface area contributed by atoms with Crippen LogP contribution >= 0.6 is 0 Å². The highest BCUT2D eigenvalue weighted by Crippen LogP contribution is 2.32. The van der Waals surface area contributed by atoms with E-state index in [0.29, 0.717) is 30.1 Å². The number of hydrogen-bond donors (Lipinski definition) is 0. The van der Waals surface area contributed by atoms with Crippen molar-refractivity contribution in [2.45, 2.75) is 38.5 Å². The van der Waals surface area contributed by atoms with Crippen molar-refractivity contribution in [2.24, 2.45) is 5.92 Å². The average molecular weight is 285 g/mol. The van der Waals surface area contributed by atoms with E-state index in [-0.39, 0.29) is 10.7 Å². The average Bonchev–Trinajstić information content (AvgIpc) is 3.07. The summed E-state index contributed by atoms with van der Waals surface area (Å²) in [7, 11) is -3.52. The van der Waals surface area contributed by atoms with Crippen molar-refractivity contribution in [1.29, 1.82) is 0 Å². The molecule has 19 heavy (non-hydrogen) atoms. The summed E-state index contributed by atoms with van der Waals surface area (Å²) in [6.45, 7) is 6.17. The maximum absolute atomic E-state index is 13.3. The van der Waals surface area contributed by atoms with E-state index < -0.39 is 10.0 Å². The van der Waals surface area contributed by atoms with Gasteiger partial charge < -0.3 is 0 Å². The number of aryl methyl sites for hydroxylation is 2. The van der Waals surface area contributed by atoms with E-state index in [1.54, 1.807) is 13.8 Å². The molecule has 2 rings (SSSR count). The normalized spacial score (nSPS) is 16.1. The van der Waals surface area contributed by atoms with Crippen LogP contribution in [0, 0.1) is 25.6 Å². The smallest absolute Gasteiger partial charge is 0.207 e. The summed E-state index contributed by atoms with van der Waals surface area (Å²) >= 11 is 0. The quantitative estimate of drug-likeness (QED) is 0.834. The van der Waals surface area contributed by atoms with Crippen LogP contribution in [0.4, 0.5) is 4.39 Å². The van der Waals surface area contributed by atoms with Gasteiger partial charge in [-0.15, -0.1) is 0 Å². The SMILES string of the molecule is CCN(CC1CC1)S(=O)(=O)c1c(C)cc(F)cc1C. The second kappa shape index (κ2) is 5.21. The topological polar surface area (TPSA) is 37.4 Å². The summed E-state index contributed by atoms with van der Waals surface area (Å²) in [6.07, 6.45) is 2.21. The highest BCUT2D eigenvalue weighted by atomic mass is 32.2. The van der Waals surface area contributed by atoms with Gasteiger partial charge in [-0.05, 0) is 55.9 Å². The van der Waals surface area contributed by atoms with Crippen molar-refractivity contribution in [3.8, 4) is 0 Å². The Morgan fingerprint density at radius 1 is 1.26 bits per heavy atom. The standard InChI is InChI=1S/C14H20FNO2S/c1-4-16(9-12-5-6-12)19(17,18)14-10(2)7-13(15)8-11(14)3/h7-8,12H,4-6,9H2,1-3H3. The molecule has 0 unspecified atom stereocenters. The summed E-state index contributed by atoms with van der Waals surface area (Å²) in [5, 5.41) is 0. The van der Waals surface area contributed by atoms with Gasteiger partial charge in [-0.2, -0.15) is 4.31 Å². The van der Waals surface area contributed by atoms with E-state index in [4.69, 9.17) is 0 Å². The Morgan fingerprint density at radius 3 is 2.21 bits per heavy atom. The molecule has 3 nitrogen and oxygen atoms in total. The Kier molecular flexibility index (Phi) is 3.97. The molecule has 0 bridgehead atoms. The van der Waals surface area contributed by atoms with Crippen molar-refractivity contribution in [2.75, 3.05) is 13.1 Å². The Bertz CT molecular complexity index is 556. The maximum Gasteiger partial charge on any atom is 0.243 e. The van der Waals surface area contributed by atoms with Gasteiger partial charge in [-0.3, -0.25) is 0 Å². The molecule has 1 aliphatic carbocycles. The number of sulfonamides is 1. The van der Waals surface area contributed by atoms with Crippen LogP contribution in [0.15, 0.2) is 17.0 Å². The first-order valence-electron chi connectivity index (χ1n) is 6.63. The first-order valence-corrected chi connectivity index (χ1v) is 8.07. The molecule has 0 spiro atoms. The number of rotatable bonds is 5. The molecule has 0 atom stereocenters. The van der Waals surface area contributed by atoms with Gasteiger partial charge in [0.15, 0.2) is 0 Å². The first kappa shape index (κ1) is 14.5. The van der Waals surface area contributed by atoms with Crippen LogP contribution < -0.4 is 0 Å². The van der Waals surface area contributed by atoms with Gasteiger partial charge in [0.25, 0.3) is 0 Å². The summed E-state index contributed by atoms with van der Waals surface area (Å²) in [6, 6.07) is 2.57. The lowest BCUT2D eigenvalue weighted by Crippen LogP contribution is -2.33. The van der Waals surface area contributed by atoms with E-state index >= 15 is 0 Å². The van der Waals surface area contributed by atoms with E-state index in [0.717, 1.165) is 12.8 Å². The van der Waals surface area contributed by atoms with Crippen LogP contribution in [-0.4, -0.2) is 25.8 Å². The second-order valence-electron chi connectivity index (χ2n) is 5.27. The maximum atomic E-state index is 13.3. The van der Waals surface area contributed by atoms with Gasteiger partial charge in [0.1, 0.15) is 5.82 Å². The molecule has 1 aromatic carbocycles. The number of benzene rings is 1. The Morgan fingerprint density at radius 2 is 1.79 bits per heavy atom. The Hall–Kier alpha value is -0.940. The third kappa shape index (κ3) is 2.98. The van der Waals surface area contributed by atoms with Crippen molar-refractivity contribution in [3.63, 3.8) is 0 Å². The van der Waals surface area contributed by atoms with Crippen LogP contribution in [-0.2, 0) is 10.0 Å². The summed E-state index contributed by atoms with van der Waals surface area (Å²) in [4.78, 5) is 0.261. The van der Waals surface area contributed by atoms with Gasteiger partial charge in [0.05, 0.1) is 4.90 Å². The van der Waals surface area contributed by atoms with Crippen LogP contribution in [0.5, 0.6) is 0 Å². The second-order valence-corrected chi connectivity index (χ2v) is 7.14.